The summed E-state index contributed by atoms with van der Waals surface area (Å²) in [5.74, 6) is -0.110. The van der Waals surface area contributed by atoms with Gasteiger partial charge in [-0.05, 0) is 0 Å². The van der Waals surface area contributed by atoms with Gasteiger partial charge in [0.25, 0.3) is 0 Å². The van der Waals surface area contributed by atoms with Crippen molar-refractivity contribution in [3.63, 3.8) is 0 Å². The van der Waals surface area contributed by atoms with E-state index in [0.29, 0.717) is 32.8 Å². The molecule has 2 amide bonds. The van der Waals surface area contributed by atoms with Gasteiger partial charge in [0.2, 0.25) is 11.8 Å². The number of nitrogens with one attached hydrogen (secondary N) is 3. The van der Waals surface area contributed by atoms with E-state index in [1.807, 2.05) is 13.8 Å². The van der Waals surface area contributed by atoms with Crippen LogP contribution >= 0.6 is 0 Å². The molecule has 0 radical (unpaired) electrons. The van der Waals surface area contributed by atoms with Gasteiger partial charge in [-0.15, -0.1) is 0 Å². The van der Waals surface area contributed by atoms with Crippen LogP contribution in [0.1, 0.15) is 13.8 Å². The fraction of sp³-hybridized carbons (Fsp3) is 0.818. The molecular formula is C11H21N3O3. The monoisotopic (exact) mass is 243 g/mol. The molecule has 3 N–H and O–H groups in total. The topological polar surface area (TPSA) is 79.5 Å². The highest BCUT2D eigenvalue weighted by Gasteiger charge is 2.20. The Morgan fingerprint density at radius 3 is 2.65 bits per heavy atom. The third-order valence-electron chi connectivity index (χ3n) is 2.49. The Hall–Kier alpha value is -1.14. The SMILES string of the molecule is CC(C)C(=O)NCCNC(=O)C1COCCN1. The fourth-order valence-corrected chi connectivity index (χ4v) is 1.43. The Balaban J connectivity index is 2.09. The van der Waals surface area contributed by atoms with Gasteiger partial charge in [0.1, 0.15) is 6.04 Å². The summed E-state index contributed by atoms with van der Waals surface area (Å²) in [5, 5.41) is 8.55. The molecule has 1 saturated heterocycles. The molecule has 6 heteroatoms. The third-order valence-corrected chi connectivity index (χ3v) is 2.49. The molecule has 1 atom stereocenters. The lowest BCUT2D eigenvalue weighted by Gasteiger charge is -2.22. The molecule has 1 aliphatic rings. The number of hydrogen-bond acceptors (Lipinski definition) is 4. The number of carbonyl (C=O) groups excluding carboxylic acids is 2. The van der Waals surface area contributed by atoms with Crippen LogP contribution in [0.4, 0.5) is 0 Å². The van der Waals surface area contributed by atoms with E-state index in [4.69, 9.17) is 4.74 Å². The van der Waals surface area contributed by atoms with Gasteiger partial charge in [0.15, 0.2) is 0 Å². The van der Waals surface area contributed by atoms with Crippen LogP contribution in [-0.2, 0) is 14.3 Å². The predicted molar refractivity (Wildman–Crippen MR) is 63.5 cm³/mol. The van der Waals surface area contributed by atoms with Gasteiger partial charge >= 0.3 is 0 Å². The number of morpholine rings is 1. The molecule has 1 aliphatic heterocycles. The molecule has 17 heavy (non-hydrogen) atoms. The van der Waals surface area contributed by atoms with Gasteiger partial charge in [-0.25, -0.2) is 0 Å². The van der Waals surface area contributed by atoms with Crippen molar-refractivity contribution in [1.29, 1.82) is 0 Å². The van der Waals surface area contributed by atoms with Crippen molar-refractivity contribution in [3.05, 3.63) is 0 Å². The van der Waals surface area contributed by atoms with Crippen molar-refractivity contribution in [2.75, 3.05) is 32.8 Å². The summed E-state index contributed by atoms with van der Waals surface area (Å²) in [5.41, 5.74) is 0. The average Bonchev–Trinajstić information content (AvgIpc) is 2.35. The van der Waals surface area contributed by atoms with Gasteiger partial charge in [-0.1, -0.05) is 13.8 Å². The molecule has 98 valence electrons. The maximum Gasteiger partial charge on any atom is 0.239 e. The molecule has 1 heterocycles. The molecule has 0 spiro atoms. The van der Waals surface area contributed by atoms with Gasteiger partial charge in [0.05, 0.1) is 13.2 Å². The first-order valence-electron chi connectivity index (χ1n) is 5.98. The lowest BCUT2D eigenvalue weighted by Crippen LogP contribution is -2.52. The predicted octanol–water partition coefficient (Wildman–Crippen LogP) is -1.14. The molecule has 0 bridgehead atoms. The molecule has 6 nitrogen and oxygen atoms in total. The van der Waals surface area contributed by atoms with E-state index in [-0.39, 0.29) is 23.8 Å². The van der Waals surface area contributed by atoms with Gasteiger partial charge in [-0.3, -0.25) is 9.59 Å². The summed E-state index contributed by atoms with van der Waals surface area (Å²) in [6.45, 7) is 6.31. The summed E-state index contributed by atoms with van der Waals surface area (Å²) in [7, 11) is 0. The first-order chi connectivity index (χ1) is 8.11. The largest absolute Gasteiger partial charge is 0.378 e. The number of rotatable bonds is 5. The van der Waals surface area contributed by atoms with E-state index in [1.54, 1.807) is 0 Å². The molecular weight excluding hydrogens is 222 g/mol. The molecule has 0 aromatic rings. The minimum atomic E-state index is -0.274. The quantitative estimate of drug-likeness (QED) is 0.533. The zero-order valence-corrected chi connectivity index (χ0v) is 10.4. The Morgan fingerprint density at radius 2 is 2.06 bits per heavy atom. The van der Waals surface area contributed by atoms with Crippen LogP contribution in [0, 0.1) is 5.92 Å². The van der Waals surface area contributed by atoms with Gasteiger partial charge in [-0.2, -0.15) is 0 Å². The average molecular weight is 243 g/mol. The Labute approximate surface area is 101 Å². The van der Waals surface area contributed by atoms with E-state index in [9.17, 15) is 9.59 Å². The van der Waals surface area contributed by atoms with Gasteiger partial charge in [0, 0.05) is 25.6 Å². The second-order valence-corrected chi connectivity index (χ2v) is 4.32. The van der Waals surface area contributed by atoms with Crippen LogP contribution in [-0.4, -0.2) is 50.7 Å². The number of hydrogen-bond donors (Lipinski definition) is 3. The Morgan fingerprint density at radius 1 is 1.35 bits per heavy atom. The number of carbonyl (C=O) groups is 2. The van der Waals surface area contributed by atoms with Crippen molar-refractivity contribution in [2.45, 2.75) is 19.9 Å². The van der Waals surface area contributed by atoms with Crippen molar-refractivity contribution in [1.82, 2.24) is 16.0 Å². The highest BCUT2D eigenvalue weighted by Crippen LogP contribution is 1.92. The van der Waals surface area contributed by atoms with Crippen LogP contribution in [0.3, 0.4) is 0 Å². The van der Waals surface area contributed by atoms with Crippen molar-refractivity contribution >= 4 is 11.8 Å². The summed E-state index contributed by atoms with van der Waals surface area (Å²) < 4.78 is 5.19. The summed E-state index contributed by atoms with van der Waals surface area (Å²) >= 11 is 0. The van der Waals surface area contributed by atoms with Gasteiger partial charge < -0.3 is 20.7 Å². The van der Waals surface area contributed by atoms with Crippen molar-refractivity contribution in [3.8, 4) is 0 Å². The normalized spacial score (nSPS) is 20.1. The highest BCUT2D eigenvalue weighted by molar-refractivity contribution is 5.82. The minimum absolute atomic E-state index is 0.00151. The Kier molecular flexibility index (Phi) is 5.93. The lowest BCUT2D eigenvalue weighted by atomic mass is 10.2. The number of ether oxygens (including phenoxy) is 1. The van der Waals surface area contributed by atoms with E-state index < -0.39 is 0 Å². The summed E-state index contributed by atoms with van der Waals surface area (Å²) in [6, 6.07) is -0.274. The van der Waals surface area contributed by atoms with E-state index in [2.05, 4.69) is 16.0 Å². The zero-order valence-electron chi connectivity index (χ0n) is 10.4. The van der Waals surface area contributed by atoms with Crippen LogP contribution in [0.15, 0.2) is 0 Å². The number of amides is 2. The van der Waals surface area contributed by atoms with Crippen LogP contribution in [0.5, 0.6) is 0 Å². The Bertz CT molecular complexity index is 263. The summed E-state index contributed by atoms with van der Waals surface area (Å²) in [4.78, 5) is 22.8. The fourth-order valence-electron chi connectivity index (χ4n) is 1.43. The molecule has 1 rings (SSSR count). The minimum Gasteiger partial charge on any atom is -0.378 e. The highest BCUT2D eigenvalue weighted by atomic mass is 16.5. The van der Waals surface area contributed by atoms with E-state index >= 15 is 0 Å². The van der Waals surface area contributed by atoms with E-state index in [0.717, 1.165) is 0 Å². The maximum atomic E-state index is 11.6. The molecule has 1 fully saturated rings. The second-order valence-electron chi connectivity index (χ2n) is 4.32. The van der Waals surface area contributed by atoms with E-state index in [1.165, 1.54) is 0 Å². The first kappa shape index (κ1) is 13.9. The van der Waals surface area contributed by atoms with Crippen LogP contribution in [0.25, 0.3) is 0 Å². The molecule has 0 saturated carbocycles. The van der Waals surface area contributed by atoms with Crippen molar-refractivity contribution < 1.29 is 14.3 Å². The standard InChI is InChI=1S/C11H21N3O3/c1-8(2)10(15)13-3-4-14-11(16)9-7-17-6-5-12-9/h8-9,12H,3-7H2,1-2H3,(H,13,15)(H,14,16). The first-order valence-corrected chi connectivity index (χ1v) is 5.98. The van der Waals surface area contributed by atoms with Crippen LogP contribution < -0.4 is 16.0 Å². The van der Waals surface area contributed by atoms with Crippen molar-refractivity contribution in [2.24, 2.45) is 5.92 Å². The molecule has 0 aliphatic carbocycles. The zero-order chi connectivity index (χ0) is 12.7. The summed E-state index contributed by atoms with van der Waals surface area (Å²) in [6.07, 6.45) is 0. The second kappa shape index (κ2) is 7.24. The smallest absolute Gasteiger partial charge is 0.239 e. The molecule has 0 aromatic heterocycles. The van der Waals surface area contributed by atoms with Crippen LogP contribution in [0.2, 0.25) is 0 Å². The lowest BCUT2D eigenvalue weighted by molar-refractivity contribution is -0.127. The third kappa shape index (κ3) is 5.14. The molecule has 0 aromatic carbocycles. The maximum absolute atomic E-state index is 11.6. The molecule has 1 unspecified atom stereocenters.